The second-order valence-corrected chi connectivity index (χ2v) is 14.2. The Bertz CT molecular complexity index is 2210. The van der Waals surface area contributed by atoms with E-state index in [2.05, 4.69) is 83.0 Å². The summed E-state index contributed by atoms with van der Waals surface area (Å²) in [6.45, 7) is 7.96. The second kappa shape index (κ2) is 15.4. The fourth-order valence-corrected chi connectivity index (χ4v) is 7.55. The summed E-state index contributed by atoms with van der Waals surface area (Å²) in [5.74, 6) is 0.0513. The van der Waals surface area contributed by atoms with E-state index in [1.54, 1.807) is 27.1 Å². The van der Waals surface area contributed by atoms with Gasteiger partial charge in [0, 0.05) is 18.0 Å². The van der Waals surface area contributed by atoms with Crippen LogP contribution in [-0.2, 0) is 16.8 Å². The molecule has 1 unspecified atom stereocenters. The van der Waals surface area contributed by atoms with Gasteiger partial charge in [-0.1, -0.05) is 146 Å². The van der Waals surface area contributed by atoms with Gasteiger partial charge in [0.05, 0.1) is 24.2 Å². The van der Waals surface area contributed by atoms with Crippen LogP contribution in [0.1, 0.15) is 78.5 Å². The molecule has 5 aromatic carbocycles. The predicted molar refractivity (Wildman–Crippen MR) is 210 cm³/mol. The maximum atomic E-state index is 13.2. The van der Waals surface area contributed by atoms with Crippen LogP contribution in [0.5, 0.6) is 0 Å². The number of hydrogen-bond acceptors (Lipinski definition) is 7. The van der Waals surface area contributed by atoms with Crippen molar-refractivity contribution in [3.8, 4) is 22.5 Å². The zero-order chi connectivity index (χ0) is 37.7. The van der Waals surface area contributed by atoms with Crippen molar-refractivity contribution >= 4 is 5.97 Å². The first-order valence-electron chi connectivity index (χ1n) is 18.3. The summed E-state index contributed by atoms with van der Waals surface area (Å²) in [6, 6.07) is 47.6. The van der Waals surface area contributed by atoms with Gasteiger partial charge in [-0.3, -0.25) is 0 Å². The van der Waals surface area contributed by atoms with Gasteiger partial charge in [-0.25, -0.2) is 14.5 Å². The highest BCUT2D eigenvalue weighted by molar-refractivity contribution is 5.89. The summed E-state index contributed by atoms with van der Waals surface area (Å²) in [6.07, 6.45) is 2.14. The van der Waals surface area contributed by atoms with Crippen LogP contribution in [-0.4, -0.2) is 53.0 Å². The Kier molecular flexibility index (Phi) is 10.3. The number of aliphatic hydroxyl groups is 1. The Morgan fingerprint density at radius 1 is 0.759 bits per heavy atom. The summed E-state index contributed by atoms with van der Waals surface area (Å²) in [5.41, 5.74) is 6.15. The largest absolute Gasteiger partial charge is 0.461 e. The Morgan fingerprint density at radius 2 is 1.30 bits per heavy atom. The Balaban J connectivity index is 1.29. The van der Waals surface area contributed by atoms with E-state index in [1.807, 2.05) is 82.9 Å². The molecule has 7 aromatic rings. The normalized spacial score (nSPS) is 12.4. The zero-order valence-electron chi connectivity index (χ0n) is 31.0. The van der Waals surface area contributed by atoms with Gasteiger partial charge in [0.15, 0.2) is 11.5 Å². The minimum absolute atomic E-state index is 0.148. The number of ether oxygens (including phenoxy) is 1. The quantitative estimate of drug-likeness (QED) is 0.0942. The zero-order valence-corrected chi connectivity index (χ0v) is 31.0. The topological polar surface area (TPSA) is 108 Å². The number of aromatic nitrogens is 6. The van der Waals surface area contributed by atoms with E-state index in [0.29, 0.717) is 30.2 Å². The summed E-state index contributed by atoms with van der Waals surface area (Å²) >= 11 is 0. The molecule has 272 valence electrons. The average Bonchev–Trinajstić information content (AvgIpc) is 3.85. The summed E-state index contributed by atoms with van der Waals surface area (Å²) in [5, 5.41) is 24.2. The van der Waals surface area contributed by atoms with Gasteiger partial charge in [-0.15, -0.1) is 5.10 Å². The van der Waals surface area contributed by atoms with Crippen molar-refractivity contribution in [2.45, 2.75) is 57.7 Å². The van der Waals surface area contributed by atoms with Crippen molar-refractivity contribution in [1.82, 2.24) is 29.8 Å². The molecule has 1 atom stereocenters. The third kappa shape index (κ3) is 7.10. The van der Waals surface area contributed by atoms with E-state index in [0.717, 1.165) is 38.9 Å². The molecule has 0 amide bonds. The van der Waals surface area contributed by atoms with E-state index in [9.17, 15) is 9.90 Å². The van der Waals surface area contributed by atoms with Crippen molar-refractivity contribution in [3.05, 3.63) is 179 Å². The molecule has 2 heterocycles. The van der Waals surface area contributed by atoms with Crippen LogP contribution in [0.4, 0.5) is 0 Å². The number of benzene rings is 5. The first kappa shape index (κ1) is 36.2. The highest BCUT2D eigenvalue weighted by Crippen LogP contribution is 2.43. The van der Waals surface area contributed by atoms with Gasteiger partial charge in [-0.2, -0.15) is 0 Å². The molecule has 0 saturated heterocycles. The lowest BCUT2D eigenvalue weighted by Crippen LogP contribution is -2.39. The fraction of sp³-hybridized carbons (Fsp3) is 0.222. The number of rotatable bonds is 13. The fourth-order valence-electron chi connectivity index (χ4n) is 7.55. The van der Waals surface area contributed by atoms with E-state index in [-0.39, 0.29) is 12.5 Å². The molecule has 0 spiro atoms. The molecule has 0 bridgehead atoms. The molecule has 0 radical (unpaired) electrons. The predicted octanol–water partition coefficient (Wildman–Crippen LogP) is 8.53. The number of carbonyl (C=O) groups is 1. The molecule has 0 aliphatic carbocycles. The third-order valence-electron chi connectivity index (χ3n) is 9.76. The first-order chi connectivity index (χ1) is 26.2. The van der Waals surface area contributed by atoms with Crippen LogP contribution >= 0.6 is 0 Å². The summed E-state index contributed by atoms with van der Waals surface area (Å²) in [7, 11) is 0. The highest BCUT2D eigenvalue weighted by atomic mass is 16.5. The van der Waals surface area contributed by atoms with Crippen molar-refractivity contribution in [3.63, 3.8) is 0 Å². The molecule has 0 aliphatic rings. The molecule has 0 saturated carbocycles. The molecule has 54 heavy (non-hydrogen) atoms. The minimum Gasteiger partial charge on any atom is -0.461 e. The smallest absolute Gasteiger partial charge is 0.356 e. The summed E-state index contributed by atoms with van der Waals surface area (Å²) in [4.78, 5) is 17.8. The van der Waals surface area contributed by atoms with Crippen LogP contribution in [0.2, 0.25) is 0 Å². The number of nitrogens with zero attached hydrogens (tertiary/aromatic N) is 6. The average molecular weight is 717 g/mol. The van der Waals surface area contributed by atoms with Crippen LogP contribution < -0.4 is 0 Å². The van der Waals surface area contributed by atoms with Crippen LogP contribution in [0.25, 0.3) is 22.5 Å². The molecule has 0 aliphatic heterocycles. The maximum Gasteiger partial charge on any atom is 0.356 e. The van der Waals surface area contributed by atoms with Gasteiger partial charge < -0.3 is 14.4 Å². The van der Waals surface area contributed by atoms with Crippen molar-refractivity contribution < 1.29 is 14.6 Å². The lowest BCUT2D eigenvalue weighted by molar-refractivity contribution is 0.0502. The molecular formula is C45H44N6O3. The van der Waals surface area contributed by atoms with Crippen molar-refractivity contribution in [1.29, 1.82) is 0 Å². The third-order valence-corrected chi connectivity index (χ3v) is 9.76. The first-order valence-corrected chi connectivity index (χ1v) is 18.3. The SMILES string of the molecule is CCOC(=O)c1c(C(C)CC(C)(C)O)ncn1Cc1ccc(-c2ccccc2-c2nnnn2C(c2ccccc2)(c2ccccc2)c2ccccc2)cc1. The van der Waals surface area contributed by atoms with E-state index in [1.165, 1.54) is 0 Å². The van der Waals surface area contributed by atoms with E-state index < -0.39 is 17.1 Å². The van der Waals surface area contributed by atoms with Gasteiger partial charge in [0.1, 0.15) is 5.54 Å². The highest BCUT2D eigenvalue weighted by Gasteiger charge is 2.42. The number of imidazole rings is 1. The monoisotopic (exact) mass is 716 g/mol. The summed E-state index contributed by atoms with van der Waals surface area (Å²) < 4.78 is 9.23. The van der Waals surface area contributed by atoms with E-state index >= 15 is 0 Å². The van der Waals surface area contributed by atoms with Gasteiger partial charge >= 0.3 is 5.97 Å². The number of esters is 1. The lowest BCUT2D eigenvalue weighted by Gasteiger charge is -2.36. The molecule has 0 fully saturated rings. The molecule has 2 aromatic heterocycles. The number of tetrazole rings is 1. The van der Waals surface area contributed by atoms with Gasteiger partial charge in [0.25, 0.3) is 0 Å². The van der Waals surface area contributed by atoms with E-state index in [4.69, 9.17) is 15.0 Å². The van der Waals surface area contributed by atoms with Gasteiger partial charge in [0.2, 0.25) is 0 Å². The lowest BCUT2D eigenvalue weighted by atomic mass is 9.77. The molecule has 9 heteroatoms. The van der Waals surface area contributed by atoms with Crippen LogP contribution in [0, 0.1) is 0 Å². The Morgan fingerprint density at radius 3 is 1.83 bits per heavy atom. The van der Waals surface area contributed by atoms with Crippen molar-refractivity contribution in [2.24, 2.45) is 0 Å². The molecular weight excluding hydrogens is 673 g/mol. The van der Waals surface area contributed by atoms with Gasteiger partial charge in [-0.05, 0) is 71.0 Å². The van der Waals surface area contributed by atoms with Crippen molar-refractivity contribution in [2.75, 3.05) is 6.61 Å². The molecule has 1 N–H and O–H groups in total. The second-order valence-electron chi connectivity index (χ2n) is 14.2. The minimum atomic E-state index is -0.906. The Hall–Kier alpha value is -6.19. The molecule has 9 nitrogen and oxygen atoms in total. The van der Waals surface area contributed by atoms with Crippen LogP contribution in [0.15, 0.2) is 146 Å². The number of carbonyl (C=O) groups excluding carboxylic acids is 1. The maximum absolute atomic E-state index is 13.2. The Labute approximate surface area is 315 Å². The van der Waals surface area contributed by atoms with Crippen LogP contribution in [0.3, 0.4) is 0 Å². The standard InChI is InChI=1S/C45H44N6O3/c1-5-54-43(52)41-40(32(2)29-44(3,4)53)46-31-50(41)30-33-25-27-34(28-26-33)38-23-15-16-24-39(38)42-47-48-49-51(42)45(35-17-9-6-10-18-35,36-19-11-7-12-20-36)37-21-13-8-14-22-37/h6-28,31-32,53H,5,29-30H2,1-4H3. The molecule has 7 rings (SSSR count). The number of hydrogen-bond donors (Lipinski definition) is 1.